The second-order valence-corrected chi connectivity index (χ2v) is 16.0. The second kappa shape index (κ2) is 14.1. The van der Waals surface area contributed by atoms with Gasteiger partial charge in [0.15, 0.2) is 9.84 Å². The van der Waals surface area contributed by atoms with Crippen molar-refractivity contribution in [2.45, 2.75) is 82.1 Å². The number of benzene rings is 2. The van der Waals surface area contributed by atoms with E-state index in [1.165, 1.54) is 50.3 Å². The number of fused-ring (bicyclic) bond motifs is 4. The number of unbranched alkanes of at least 4 members (excludes halogenated alkanes) is 3. The maximum atomic E-state index is 14.1. The number of aliphatic hydroxyl groups is 1. The molecule has 0 aliphatic carbocycles. The molecule has 4 heterocycles. The lowest BCUT2D eigenvalue weighted by Gasteiger charge is -2.50. The van der Waals surface area contributed by atoms with E-state index in [1.54, 1.807) is 6.07 Å². The first kappa shape index (κ1) is 33.2. The number of quaternary nitrogens is 1. The van der Waals surface area contributed by atoms with E-state index in [9.17, 15) is 13.5 Å². The molecule has 1 N–H and O–H groups in total. The van der Waals surface area contributed by atoms with Gasteiger partial charge < -0.3 is 19.2 Å². The van der Waals surface area contributed by atoms with Gasteiger partial charge in [0.25, 0.3) is 0 Å². The van der Waals surface area contributed by atoms with Gasteiger partial charge in [-0.1, -0.05) is 51.7 Å². The molecule has 2 aromatic carbocycles. The van der Waals surface area contributed by atoms with E-state index in [2.05, 4.69) is 18.7 Å². The molecule has 4 aliphatic rings. The van der Waals surface area contributed by atoms with E-state index in [0.29, 0.717) is 29.9 Å². The van der Waals surface area contributed by atoms with E-state index >= 15 is 0 Å². The minimum absolute atomic E-state index is 0.0137. The van der Waals surface area contributed by atoms with Crippen molar-refractivity contribution in [1.29, 1.82) is 0 Å². The van der Waals surface area contributed by atoms with Crippen LogP contribution < -0.4 is 9.64 Å². The maximum absolute atomic E-state index is 14.1. The molecule has 0 unspecified atom stereocenters. The summed E-state index contributed by atoms with van der Waals surface area (Å²) in [7, 11) is 0.314. The number of anilines is 1. The number of hydrogen-bond acceptors (Lipinski definition) is 6. The van der Waals surface area contributed by atoms with Crippen LogP contribution in [0.3, 0.4) is 0 Å². The van der Waals surface area contributed by atoms with Gasteiger partial charge in [-0.3, -0.25) is 4.90 Å². The molecule has 3 fully saturated rings. The summed E-state index contributed by atoms with van der Waals surface area (Å²) in [6.45, 7) is 13.8. The summed E-state index contributed by atoms with van der Waals surface area (Å²) in [4.78, 5) is 4.95. The average Bonchev–Trinajstić information content (AvgIpc) is 3.09. The van der Waals surface area contributed by atoms with Crippen molar-refractivity contribution < 1.29 is 22.7 Å². The van der Waals surface area contributed by atoms with Crippen LogP contribution in [0.25, 0.3) is 0 Å². The van der Waals surface area contributed by atoms with Gasteiger partial charge in [0, 0.05) is 50.7 Å². The molecule has 0 spiro atoms. The van der Waals surface area contributed by atoms with Crippen LogP contribution in [0.15, 0.2) is 47.4 Å². The second-order valence-electron chi connectivity index (χ2n) is 14.1. The summed E-state index contributed by atoms with van der Waals surface area (Å²) in [6, 6.07) is 13.7. The Bertz CT molecular complexity index is 1330. The number of ether oxygens (including phenoxy) is 1. The Balaban J connectivity index is 1.42. The van der Waals surface area contributed by atoms with E-state index in [0.717, 1.165) is 55.5 Å². The summed E-state index contributed by atoms with van der Waals surface area (Å²) in [5.41, 5.74) is 1.84. The lowest BCUT2D eigenvalue weighted by Crippen LogP contribution is -2.67. The van der Waals surface area contributed by atoms with Crippen LogP contribution in [0.1, 0.15) is 82.3 Å². The molecule has 2 bridgehead atoms. The third kappa shape index (κ3) is 7.14. The number of piperazine rings is 3. The highest BCUT2D eigenvalue weighted by Crippen LogP contribution is 2.50. The van der Waals surface area contributed by atoms with Crippen molar-refractivity contribution in [3.8, 4) is 5.75 Å². The van der Waals surface area contributed by atoms with Crippen LogP contribution in [0, 0.1) is 5.41 Å². The average molecular weight is 627 g/mol. The molecule has 2 aromatic rings. The Labute approximate surface area is 266 Å². The fraction of sp³-hybridized carbons (Fsp3) is 0.667. The van der Waals surface area contributed by atoms with Gasteiger partial charge >= 0.3 is 0 Å². The normalized spacial score (nSPS) is 27.0. The third-order valence-corrected chi connectivity index (χ3v) is 12.8. The van der Waals surface area contributed by atoms with Crippen molar-refractivity contribution in [2.24, 2.45) is 5.41 Å². The van der Waals surface area contributed by atoms with Crippen LogP contribution in [0.4, 0.5) is 5.69 Å². The molecule has 44 heavy (non-hydrogen) atoms. The Morgan fingerprint density at radius 3 is 2.27 bits per heavy atom. The zero-order valence-corrected chi connectivity index (χ0v) is 28.5. The molecule has 7 nitrogen and oxygen atoms in total. The third-order valence-electron chi connectivity index (χ3n) is 10.8. The summed E-state index contributed by atoms with van der Waals surface area (Å²) in [6.07, 6.45) is 6.46. The molecule has 0 aromatic heterocycles. The zero-order chi connectivity index (χ0) is 31.4. The summed E-state index contributed by atoms with van der Waals surface area (Å²) in [5, 5.41) is 12.5. The van der Waals surface area contributed by atoms with Crippen LogP contribution in [0.2, 0.25) is 0 Å². The largest absolute Gasteiger partial charge is 0.494 e. The fourth-order valence-corrected chi connectivity index (χ4v) is 10.2. The smallest absolute Gasteiger partial charge is 0.179 e. The lowest BCUT2D eigenvalue weighted by atomic mass is 9.68. The number of nitrogens with zero attached hydrogens (tertiary/aromatic N) is 3. The Hall–Kier alpha value is -2.13. The van der Waals surface area contributed by atoms with Gasteiger partial charge in [-0.05, 0) is 67.1 Å². The summed E-state index contributed by atoms with van der Waals surface area (Å²) >= 11 is 0. The quantitative estimate of drug-likeness (QED) is 0.214. The van der Waals surface area contributed by atoms with Crippen LogP contribution in [-0.4, -0.2) is 101 Å². The van der Waals surface area contributed by atoms with E-state index < -0.39 is 27.3 Å². The standard InChI is InChI=1S/C36H56N3O4S/c1-5-7-16-36(17-8-6-2)28-44(41,42)33-15-14-30(37(3)4)27-32(33)34(35(36)40)29-12-11-13-31(26-29)43-25-10-9-21-39-22-18-38(19-23-39)20-24-39/h11-15,26-27,34-35,40H,5-10,16-25,28H2,1-4H3/q+1/t34-,35-/m1/s1. The molecule has 8 heteroatoms. The molecule has 244 valence electrons. The lowest BCUT2D eigenvalue weighted by molar-refractivity contribution is -0.941. The SMILES string of the molecule is CCCCC1(CCCC)CS(=O)(=O)c2ccc(N(C)C)cc2[C@@H](c2cccc(OCCCC[N+]34CCN(CC3)CC4)c2)[C@H]1O. The highest BCUT2D eigenvalue weighted by Gasteiger charge is 2.49. The van der Waals surface area contributed by atoms with E-state index in [4.69, 9.17) is 4.74 Å². The van der Waals surface area contributed by atoms with E-state index in [1.807, 2.05) is 55.4 Å². The van der Waals surface area contributed by atoms with Gasteiger partial charge in [0.1, 0.15) is 5.75 Å². The van der Waals surface area contributed by atoms with Crippen molar-refractivity contribution in [3.05, 3.63) is 53.6 Å². The minimum atomic E-state index is -3.62. The Morgan fingerprint density at radius 2 is 1.64 bits per heavy atom. The fourth-order valence-electron chi connectivity index (χ4n) is 7.99. The molecule has 3 saturated heterocycles. The van der Waals surface area contributed by atoms with Crippen molar-refractivity contribution >= 4 is 15.5 Å². The first-order valence-electron chi connectivity index (χ1n) is 17.1. The van der Waals surface area contributed by atoms with Gasteiger partial charge in [0.2, 0.25) is 0 Å². The van der Waals surface area contributed by atoms with Crippen molar-refractivity contribution in [2.75, 3.05) is 77.2 Å². The number of aliphatic hydroxyl groups excluding tert-OH is 1. The monoisotopic (exact) mass is 626 g/mol. The number of sulfone groups is 1. The van der Waals surface area contributed by atoms with Gasteiger partial charge in [-0.25, -0.2) is 8.42 Å². The molecule has 0 radical (unpaired) electrons. The van der Waals surface area contributed by atoms with Gasteiger partial charge in [-0.15, -0.1) is 0 Å². The Morgan fingerprint density at radius 1 is 0.955 bits per heavy atom. The van der Waals surface area contributed by atoms with E-state index in [-0.39, 0.29) is 5.75 Å². The van der Waals surface area contributed by atoms with Crippen molar-refractivity contribution in [1.82, 2.24) is 4.90 Å². The molecule has 0 amide bonds. The molecule has 6 rings (SSSR count). The van der Waals surface area contributed by atoms with Crippen LogP contribution >= 0.6 is 0 Å². The van der Waals surface area contributed by atoms with Crippen LogP contribution in [-0.2, 0) is 9.84 Å². The summed E-state index contributed by atoms with van der Waals surface area (Å²) in [5.74, 6) is 0.312. The first-order chi connectivity index (χ1) is 21.1. The first-order valence-corrected chi connectivity index (χ1v) is 18.8. The number of hydrogen-bond donors (Lipinski definition) is 1. The molecular formula is C36H56N3O4S+. The molecular weight excluding hydrogens is 570 g/mol. The molecule has 0 saturated carbocycles. The molecule has 4 aliphatic heterocycles. The minimum Gasteiger partial charge on any atom is -0.494 e. The zero-order valence-electron chi connectivity index (χ0n) is 27.6. The maximum Gasteiger partial charge on any atom is 0.179 e. The van der Waals surface area contributed by atoms with Crippen molar-refractivity contribution in [3.63, 3.8) is 0 Å². The highest BCUT2D eigenvalue weighted by molar-refractivity contribution is 7.91. The Kier molecular flexibility index (Phi) is 10.7. The predicted molar refractivity (Wildman–Crippen MR) is 179 cm³/mol. The predicted octanol–water partition coefficient (Wildman–Crippen LogP) is 5.70. The van der Waals surface area contributed by atoms with Gasteiger partial charge in [0.05, 0.1) is 49.5 Å². The van der Waals surface area contributed by atoms with Crippen LogP contribution in [0.5, 0.6) is 5.75 Å². The number of rotatable bonds is 14. The van der Waals surface area contributed by atoms with Gasteiger partial charge in [-0.2, -0.15) is 0 Å². The topological polar surface area (TPSA) is 70.1 Å². The molecule has 2 atom stereocenters. The summed E-state index contributed by atoms with van der Waals surface area (Å²) < 4.78 is 35.8. The highest BCUT2D eigenvalue weighted by atomic mass is 32.2.